The maximum absolute atomic E-state index is 12.6. The minimum Gasteiger partial charge on any atom is -0.504 e. The first-order valence-electron chi connectivity index (χ1n) is 9.71. The van der Waals surface area contributed by atoms with Crippen molar-refractivity contribution >= 4 is 6.03 Å². The number of nitrogens with one attached hydrogen (secondary N) is 1. The maximum atomic E-state index is 12.6. The number of methoxy groups -OCH3 is 1. The van der Waals surface area contributed by atoms with Crippen molar-refractivity contribution < 1.29 is 19.1 Å². The van der Waals surface area contributed by atoms with Crippen LogP contribution in [0.5, 0.6) is 11.5 Å². The Morgan fingerprint density at radius 3 is 2.75 bits per heavy atom. The number of furan rings is 1. The van der Waals surface area contributed by atoms with Crippen LogP contribution < -0.4 is 10.1 Å². The number of ether oxygens (including phenoxy) is 1. The summed E-state index contributed by atoms with van der Waals surface area (Å²) in [4.78, 5) is 16.6. The molecule has 152 valence electrons. The number of phenols is 1. The first kappa shape index (κ1) is 20.1. The van der Waals surface area contributed by atoms with Crippen molar-refractivity contribution in [3.63, 3.8) is 0 Å². The van der Waals surface area contributed by atoms with Gasteiger partial charge in [0.1, 0.15) is 5.76 Å². The second kappa shape index (κ2) is 9.50. The number of carbonyl (C=O) groups is 1. The predicted molar refractivity (Wildman–Crippen MR) is 106 cm³/mol. The van der Waals surface area contributed by atoms with Gasteiger partial charge >= 0.3 is 6.03 Å². The second-order valence-electron chi connectivity index (χ2n) is 7.18. The molecular formula is C21H29N3O4. The third-order valence-corrected chi connectivity index (χ3v) is 5.16. The Balaban J connectivity index is 1.58. The smallest absolute Gasteiger partial charge is 0.317 e. The normalized spacial score (nSPS) is 15.8. The predicted octanol–water partition coefficient (Wildman–Crippen LogP) is 3.36. The number of benzene rings is 1. The maximum Gasteiger partial charge on any atom is 0.317 e. The van der Waals surface area contributed by atoms with E-state index in [0.29, 0.717) is 18.8 Å². The summed E-state index contributed by atoms with van der Waals surface area (Å²) in [6.45, 7) is 2.91. The highest BCUT2D eigenvalue weighted by Crippen LogP contribution is 2.27. The van der Waals surface area contributed by atoms with Crippen LogP contribution in [-0.2, 0) is 6.54 Å². The highest BCUT2D eigenvalue weighted by atomic mass is 16.5. The van der Waals surface area contributed by atoms with Crippen LogP contribution in [0.3, 0.4) is 0 Å². The number of rotatable bonds is 7. The summed E-state index contributed by atoms with van der Waals surface area (Å²) in [6, 6.07) is 8.87. The molecule has 1 aromatic heterocycles. The molecule has 1 aromatic carbocycles. The van der Waals surface area contributed by atoms with Crippen molar-refractivity contribution in [1.82, 2.24) is 15.1 Å². The van der Waals surface area contributed by atoms with Crippen LogP contribution in [0.15, 0.2) is 41.0 Å². The number of carbonyl (C=O) groups excluding carboxylic acids is 1. The van der Waals surface area contributed by atoms with Gasteiger partial charge in [-0.15, -0.1) is 0 Å². The quantitative estimate of drug-likeness (QED) is 0.762. The van der Waals surface area contributed by atoms with Gasteiger partial charge in [-0.25, -0.2) is 4.79 Å². The monoisotopic (exact) mass is 387 g/mol. The first-order chi connectivity index (χ1) is 13.6. The number of urea groups is 1. The molecule has 0 aliphatic carbocycles. The van der Waals surface area contributed by atoms with Gasteiger partial charge in [-0.2, -0.15) is 0 Å². The molecule has 0 spiro atoms. The van der Waals surface area contributed by atoms with E-state index < -0.39 is 0 Å². The summed E-state index contributed by atoms with van der Waals surface area (Å²) in [5.74, 6) is 1.36. The SMILES string of the molecule is COc1ccc(CN(C)C(=O)NCC(c2ccco2)N2CCCCC2)cc1O. The summed E-state index contributed by atoms with van der Waals surface area (Å²) in [5, 5.41) is 12.9. The van der Waals surface area contributed by atoms with E-state index in [-0.39, 0.29) is 17.8 Å². The van der Waals surface area contributed by atoms with Crippen LogP contribution in [-0.4, -0.2) is 54.7 Å². The van der Waals surface area contributed by atoms with Gasteiger partial charge < -0.3 is 24.5 Å². The van der Waals surface area contributed by atoms with Gasteiger partial charge in [0, 0.05) is 20.1 Å². The van der Waals surface area contributed by atoms with E-state index in [0.717, 1.165) is 24.4 Å². The summed E-state index contributed by atoms with van der Waals surface area (Å²) in [7, 11) is 3.24. The Bertz CT molecular complexity index is 757. The summed E-state index contributed by atoms with van der Waals surface area (Å²) in [5.41, 5.74) is 0.828. The van der Waals surface area contributed by atoms with Crippen molar-refractivity contribution in [2.45, 2.75) is 31.8 Å². The second-order valence-corrected chi connectivity index (χ2v) is 7.18. The lowest BCUT2D eigenvalue weighted by molar-refractivity contribution is 0.140. The molecule has 2 heterocycles. The number of hydrogen-bond donors (Lipinski definition) is 2. The molecule has 2 amide bonds. The number of likely N-dealkylation sites (tertiary alicyclic amines) is 1. The molecule has 1 saturated heterocycles. The summed E-state index contributed by atoms with van der Waals surface area (Å²) >= 11 is 0. The van der Waals surface area contributed by atoms with Crippen molar-refractivity contribution in [1.29, 1.82) is 0 Å². The molecule has 1 aliphatic rings. The number of piperidine rings is 1. The van der Waals surface area contributed by atoms with Gasteiger partial charge in [0.15, 0.2) is 11.5 Å². The molecule has 0 radical (unpaired) electrons. The molecule has 2 N–H and O–H groups in total. The lowest BCUT2D eigenvalue weighted by Crippen LogP contribution is -2.44. The third-order valence-electron chi connectivity index (χ3n) is 5.16. The summed E-state index contributed by atoms with van der Waals surface area (Å²) < 4.78 is 10.7. The van der Waals surface area contributed by atoms with Gasteiger partial charge in [0.25, 0.3) is 0 Å². The van der Waals surface area contributed by atoms with Crippen LogP contribution in [0.2, 0.25) is 0 Å². The average molecular weight is 387 g/mol. The van der Waals surface area contributed by atoms with Crippen molar-refractivity contribution in [3.05, 3.63) is 47.9 Å². The van der Waals surface area contributed by atoms with Crippen LogP contribution in [0.1, 0.15) is 36.6 Å². The van der Waals surface area contributed by atoms with Gasteiger partial charge in [0.05, 0.1) is 19.4 Å². The van der Waals surface area contributed by atoms with Crippen LogP contribution in [0, 0.1) is 0 Å². The fourth-order valence-corrected chi connectivity index (χ4v) is 3.62. The molecule has 2 aromatic rings. The fraction of sp³-hybridized carbons (Fsp3) is 0.476. The van der Waals surface area contributed by atoms with E-state index in [2.05, 4.69) is 10.2 Å². The Hall–Kier alpha value is -2.67. The van der Waals surface area contributed by atoms with Gasteiger partial charge in [-0.1, -0.05) is 12.5 Å². The zero-order valence-corrected chi connectivity index (χ0v) is 16.6. The Kier molecular flexibility index (Phi) is 6.81. The number of aromatic hydroxyl groups is 1. The molecule has 1 atom stereocenters. The molecule has 1 fully saturated rings. The van der Waals surface area contributed by atoms with Crippen LogP contribution >= 0.6 is 0 Å². The van der Waals surface area contributed by atoms with Crippen molar-refractivity contribution in [3.8, 4) is 11.5 Å². The molecular weight excluding hydrogens is 358 g/mol. The molecule has 7 heteroatoms. The van der Waals surface area contributed by atoms with E-state index in [9.17, 15) is 9.90 Å². The molecule has 7 nitrogen and oxygen atoms in total. The van der Waals surface area contributed by atoms with E-state index in [1.54, 1.807) is 30.3 Å². The lowest BCUT2D eigenvalue weighted by Gasteiger charge is -2.33. The van der Waals surface area contributed by atoms with E-state index in [1.165, 1.54) is 26.4 Å². The molecule has 1 unspecified atom stereocenters. The van der Waals surface area contributed by atoms with Gasteiger partial charge in [0.2, 0.25) is 0 Å². The summed E-state index contributed by atoms with van der Waals surface area (Å²) in [6.07, 6.45) is 5.28. The Labute approximate surface area is 165 Å². The topological polar surface area (TPSA) is 78.2 Å². The number of nitrogens with zero attached hydrogens (tertiary/aromatic N) is 2. The minimum absolute atomic E-state index is 0.0395. The van der Waals surface area contributed by atoms with E-state index in [1.807, 2.05) is 18.2 Å². The van der Waals surface area contributed by atoms with Crippen LogP contribution in [0.25, 0.3) is 0 Å². The number of hydrogen-bond acceptors (Lipinski definition) is 5. The fourth-order valence-electron chi connectivity index (χ4n) is 3.62. The Morgan fingerprint density at radius 1 is 1.32 bits per heavy atom. The number of phenolic OH excluding ortho intramolecular Hbond substituents is 1. The van der Waals surface area contributed by atoms with Gasteiger partial charge in [-0.05, 0) is 55.8 Å². The highest BCUT2D eigenvalue weighted by molar-refractivity contribution is 5.73. The minimum atomic E-state index is -0.163. The first-order valence-corrected chi connectivity index (χ1v) is 9.71. The van der Waals surface area contributed by atoms with Crippen molar-refractivity contribution in [2.75, 3.05) is 33.8 Å². The molecule has 28 heavy (non-hydrogen) atoms. The standard InChI is InChI=1S/C21H29N3O4/c1-23(15-16-8-9-20(27-2)18(25)13-16)21(26)22-14-17(19-7-6-12-28-19)24-10-4-3-5-11-24/h6-9,12-13,17,25H,3-5,10-11,14-15H2,1-2H3,(H,22,26). The lowest BCUT2D eigenvalue weighted by atomic mass is 10.1. The van der Waals surface area contributed by atoms with E-state index in [4.69, 9.17) is 9.15 Å². The number of amides is 2. The van der Waals surface area contributed by atoms with Gasteiger partial charge in [-0.3, -0.25) is 4.90 Å². The highest BCUT2D eigenvalue weighted by Gasteiger charge is 2.25. The van der Waals surface area contributed by atoms with Crippen molar-refractivity contribution in [2.24, 2.45) is 0 Å². The van der Waals surface area contributed by atoms with E-state index >= 15 is 0 Å². The largest absolute Gasteiger partial charge is 0.504 e. The Morgan fingerprint density at radius 2 is 2.11 bits per heavy atom. The average Bonchev–Trinajstić information content (AvgIpc) is 3.23. The molecule has 0 bridgehead atoms. The van der Waals surface area contributed by atoms with Crippen LogP contribution in [0.4, 0.5) is 4.79 Å². The zero-order valence-electron chi connectivity index (χ0n) is 16.6. The molecule has 3 rings (SSSR count). The molecule has 0 saturated carbocycles. The third kappa shape index (κ3) is 4.98. The molecule has 1 aliphatic heterocycles. The zero-order chi connectivity index (χ0) is 19.9.